The van der Waals surface area contributed by atoms with Gasteiger partial charge in [-0.15, -0.1) is 0 Å². The van der Waals surface area contributed by atoms with Crippen LogP contribution >= 0.6 is 0 Å². The van der Waals surface area contributed by atoms with Crippen molar-refractivity contribution in [3.63, 3.8) is 0 Å². The highest BCUT2D eigenvalue weighted by atomic mass is 16.5. The largest absolute Gasteiger partial charge is 0.375 e. The highest BCUT2D eigenvalue weighted by Crippen LogP contribution is 2.13. The first-order valence-electron chi connectivity index (χ1n) is 7.91. The molecule has 0 N–H and O–H groups in total. The molecule has 6 heteroatoms. The summed E-state index contributed by atoms with van der Waals surface area (Å²) in [6.07, 6.45) is 1.86. The molecule has 1 fully saturated rings. The molecule has 122 valence electrons. The van der Waals surface area contributed by atoms with Crippen LogP contribution in [0.4, 0.5) is 0 Å². The van der Waals surface area contributed by atoms with E-state index in [4.69, 9.17) is 4.74 Å². The smallest absolute Gasteiger partial charge is 0.261 e. The van der Waals surface area contributed by atoms with Crippen LogP contribution in [-0.2, 0) is 16.1 Å². The summed E-state index contributed by atoms with van der Waals surface area (Å²) in [5, 5.41) is 0.579. The minimum Gasteiger partial charge on any atom is -0.375 e. The lowest BCUT2D eigenvalue weighted by Gasteiger charge is -2.36. The summed E-state index contributed by atoms with van der Waals surface area (Å²) in [6, 6.07) is 7.31. The van der Waals surface area contributed by atoms with Gasteiger partial charge in [0.25, 0.3) is 5.56 Å². The summed E-state index contributed by atoms with van der Waals surface area (Å²) in [5.74, 6) is 0.0488. The van der Waals surface area contributed by atoms with Gasteiger partial charge in [-0.2, -0.15) is 0 Å². The van der Waals surface area contributed by atoms with Crippen LogP contribution in [0, 0.1) is 0 Å². The van der Waals surface area contributed by atoms with Gasteiger partial charge in [0.1, 0.15) is 0 Å². The van der Waals surface area contributed by atoms with E-state index in [0.717, 1.165) is 0 Å². The first kappa shape index (κ1) is 15.7. The molecule has 1 aliphatic heterocycles. The van der Waals surface area contributed by atoms with Gasteiger partial charge >= 0.3 is 0 Å². The van der Waals surface area contributed by atoms with E-state index in [9.17, 15) is 9.59 Å². The fourth-order valence-corrected chi connectivity index (χ4v) is 2.88. The Hall–Kier alpha value is -2.21. The average molecular weight is 315 g/mol. The molecule has 1 aromatic carbocycles. The monoisotopic (exact) mass is 315 g/mol. The molecule has 3 rings (SSSR count). The van der Waals surface area contributed by atoms with Crippen LogP contribution in [0.3, 0.4) is 0 Å². The number of benzene rings is 1. The molecule has 6 nitrogen and oxygen atoms in total. The Morgan fingerprint density at radius 2 is 2.13 bits per heavy atom. The highest BCUT2D eigenvalue weighted by Gasteiger charge is 2.27. The molecule has 0 radical (unpaired) electrons. The summed E-state index contributed by atoms with van der Waals surface area (Å²) >= 11 is 0. The molecule has 1 saturated heterocycles. The van der Waals surface area contributed by atoms with E-state index in [0.29, 0.717) is 30.6 Å². The summed E-state index contributed by atoms with van der Waals surface area (Å²) in [4.78, 5) is 31.0. The van der Waals surface area contributed by atoms with Gasteiger partial charge in [-0.3, -0.25) is 14.2 Å². The van der Waals surface area contributed by atoms with Crippen molar-refractivity contribution in [3.8, 4) is 0 Å². The topological polar surface area (TPSA) is 64.4 Å². The van der Waals surface area contributed by atoms with Crippen LogP contribution in [0.2, 0.25) is 0 Å². The first-order chi connectivity index (χ1) is 11.1. The summed E-state index contributed by atoms with van der Waals surface area (Å²) < 4.78 is 7.05. The Morgan fingerprint density at radius 1 is 1.35 bits per heavy atom. The third-order valence-corrected chi connectivity index (χ3v) is 4.23. The van der Waals surface area contributed by atoms with Gasteiger partial charge in [-0.25, -0.2) is 4.98 Å². The third-order valence-electron chi connectivity index (χ3n) is 4.23. The maximum atomic E-state index is 12.4. The number of nitrogens with zero attached hydrogens (tertiary/aromatic N) is 3. The van der Waals surface area contributed by atoms with E-state index in [1.54, 1.807) is 6.07 Å². The zero-order valence-electron chi connectivity index (χ0n) is 13.4. The number of rotatable bonds is 3. The minimum atomic E-state index is -0.105. The number of fused-ring (bicyclic) bond motifs is 1. The van der Waals surface area contributed by atoms with E-state index in [1.807, 2.05) is 36.9 Å². The number of carbonyl (C=O) groups is 1. The van der Waals surface area contributed by atoms with E-state index in [2.05, 4.69) is 4.98 Å². The molecule has 0 spiro atoms. The molecule has 1 aliphatic rings. The molecule has 2 atom stereocenters. The number of aryl methyl sites for hydroxylation is 1. The number of hydrogen-bond donors (Lipinski definition) is 0. The lowest BCUT2D eigenvalue weighted by molar-refractivity contribution is -0.143. The van der Waals surface area contributed by atoms with Crippen LogP contribution < -0.4 is 5.56 Å². The highest BCUT2D eigenvalue weighted by molar-refractivity contribution is 5.78. The standard InChI is InChI=1S/C17H21N3O3/c1-12-10-23-13(2)9-20(12)16(21)7-8-19-11-18-15-6-4-3-5-14(15)17(19)22/h3-6,11-13H,7-10H2,1-2H3/t12-,13+/m0/s1. The van der Waals surface area contributed by atoms with E-state index in [-0.39, 0.29) is 30.0 Å². The summed E-state index contributed by atoms with van der Waals surface area (Å²) in [6.45, 7) is 5.45. The van der Waals surface area contributed by atoms with Gasteiger partial charge in [0, 0.05) is 19.5 Å². The zero-order valence-corrected chi connectivity index (χ0v) is 13.4. The SMILES string of the molecule is C[C@@H]1CN(C(=O)CCn2cnc3ccccc3c2=O)[C@@H](C)CO1. The Morgan fingerprint density at radius 3 is 2.96 bits per heavy atom. The maximum absolute atomic E-state index is 12.4. The van der Waals surface area contributed by atoms with Crippen LogP contribution in [0.25, 0.3) is 10.9 Å². The number of amides is 1. The van der Waals surface area contributed by atoms with Crippen LogP contribution in [0.15, 0.2) is 35.4 Å². The Labute approximate surface area is 134 Å². The molecule has 0 aliphatic carbocycles. The second-order valence-electron chi connectivity index (χ2n) is 6.05. The Bertz CT molecular complexity index is 771. The van der Waals surface area contributed by atoms with Crippen molar-refractivity contribution in [1.82, 2.24) is 14.5 Å². The van der Waals surface area contributed by atoms with Crippen LogP contribution in [0.5, 0.6) is 0 Å². The quantitative estimate of drug-likeness (QED) is 0.859. The van der Waals surface area contributed by atoms with Gasteiger partial charge in [0.05, 0.1) is 36.0 Å². The fraction of sp³-hybridized carbons (Fsp3) is 0.471. The van der Waals surface area contributed by atoms with Crippen molar-refractivity contribution in [3.05, 3.63) is 40.9 Å². The van der Waals surface area contributed by atoms with Gasteiger partial charge in [-0.1, -0.05) is 12.1 Å². The predicted octanol–water partition coefficient (Wildman–Crippen LogP) is 1.42. The molecule has 1 aromatic heterocycles. The van der Waals surface area contributed by atoms with Crippen molar-refractivity contribution < 1.29 is 9.53 Å². The van der Waals surface area contributed by atoms with E-state index < -0.39 is 0 Å². The molecule has 2 aromatic rings. The third kappa shape index (κ3) is 3.27. The molecular weight excluding hydrogens is 294 g/mol. The normalized spacial score (nSPS) is 21.6. The number of aromatic nitrogens is 2. The number of hydrogen-bond acceptors (Lipinski definition) is 4. The van der Waals surface area contributed by atoms with Gasteiger partial charge in [0.2, 0.25) is 5.91 Å². The molecule has 23 heavy (non-hydrogen) atoms. The number of para-hydroxylation sites is 1. The summed E-state index contributed by atoms with van der Waals surface area (Å²) in [7, 11) is 0. The zero-order chi connectivity index (χ0) is 16.4. The number of ether oxygens (including phenoxy) is 1. The maximum Gasteiger partial charge on any atom is 0.261 e. The molecule has 0 bridgehead atoms. The Kier molecular flexibility index (Phi) is 4.43. The molecule has 0 unspecified atom stereocenters. The predicted molar refractivity (Wildman–Crippen MR) is 87.2 cm³/mol. The first-order valence-corrected chi connectivity index (χ1v) is 7.91. The second kappa shape index (κ2) is 6.50. The number of morpholine rings is 1. The second-order valence-corrected chi connectivity index (χ2v) is 6.05. The van der Waals surface area contributed by atoms with Crippen molar-refractivity contribution in [2.75, 3.05) is 13.2 Å². The van der Waals surface area contributed by atoms with E-state index >= 15 is 0 Å². The lowest BCUT2D eigenvalue weighted by Crippen LogP contribution is -2.50. The van der Waals surface area contributed by atoms with Crippen LogP contribution in [-0.4, -0.2) is 45.7 Å². The van der Waals surface area contributed by atoms with Crippen LogP contribution in [0.1, 0.15) is 20.3 Å². The van der Waals surface area contributed by atoms with Crippen molar-refractivity contribution in [2.45, 2.75) is 39.0 Å². The van der Waals surface area contributed by atoms with Crippen molar-refractivity contribution >= 4 is 16.8 Å². The molecular formula is C17H21N3O3. The van der Waals surface area contributed by atoms with Crippen molar-refractivity contribution in [1.29, 1.82) is 0 Å². The molecule has 2 heterocycles. The van der Waals surface area contributed by atoms with E-state index in [1.165, 1.54) is 10.9 Å². The Balaban J connectivity index is 1.72. The van der Waals surface area contributed by atoms with Gasteiger partial charge < -0.3 is 9.64 Å². The summed E-state index contributed by atoms with van der Waals surface area (Å²) in [5.41, 5.74) is 0.572. The molecule has 0 saturated carbocycles. The lowest BCUT2D eigenvalue weighted by atomic mass is 10.2. The van der Waals surface area contributed by atoms with Gasteiger partial charge in [0.15, 0.2) is 0 Å². The average Bonchev–Trinajstić information content (AvgIpc) is 2.56. The fourth-order valence-electron chi connectivity index (χ4n) is 2.88. The molecule has 1 amide bonds. The van der Waals surface area contributed by atoms with Gasteiger partial charge in [-0.05, 0) is 26.0 Å². The number of carbonyl (C=O) groups excluding carboxylic acids is 1. The minimum absolute atomic E-state index is 0.0488. The van der Waals surface area contributed by atoms with Crippen molar-refractivity contribution in [2.24, 2.45) is 0 Å².